The summed E-state index contributed by atoms with van der Waals surface area (Å²) in [5.74, 6) is 2.00. The van der Waals surface area contributed by atoms with Crippen LogP contribution in [0, 0.1) is 11.8 Å². The van der Waals surface area contributed by atoms with Gasteiger partial charge in [-0.15, -0.1) is 0 Å². The third kappa shape index (κ3) is 5.42. The molecule has 0 radical (unpaired) electrons. The van der Waals surface area contributed by atoms with E-state index in [0.29, 0.717) is 0 Å². The largest absolute Gasteiger partial charge is 0.314 e. The van der Waals surface area contributed by atoms with Gasteiger partial charge >= 0.3 is 0 Å². The predicted molar refractivity (Wildman–Crippen MR) is 77.3 cm³/mol. The molecule has 3 atom stereocenters. The molecule has 1 N–H and O–H groups in total. The molecule has 1 aliphatic rings. The Morgan fingerprint density at radius 1 is 1.06 bits per heavy atom. The highest BCUT2D eigenvalue weighted by molar-refractivity contribution is 4.84. The van der Waals surface area contributed by atoms with Gasteiger partial charge in [-0.2, -0.15) is 0 Å². The van der Waals surface area contributed by atoms with Crippen LogP contribution in [0.4, 0.5) is 0 Å². The Kier molecular flexibility index (Phi) is 7.92. The lowest BCUT2D eigenvalue weighted by Crippen LogP contribution is -2.35. The van der Waals surface area contributed by atoms with E-state index in [4.69, 9.17) is 0 Å². The van der Waals surface area contributed by atoms with Crippen LogP contribution < -0.4 is 5.32 Å². The van der Waals surface area contributed by atoms with Crippen LogP contribution in [0.2, 0.25) is 0 Å². The molecule has 1 nitrogen and oxygen atoms in total. The van der Waals surface area contributed by atoms with Crippen molar-refractivity contribution in [1.82, 2.24) is 5.32 Å². The van der Waals surface area contributed by atoms with Crippen LogP contribution in [0.15, 0.2) is 0 Å². The summed E-state index contributed by atoms with van der Waals surface area (Å²) in [5.41, 5.74) is 0. The highest BCUT2D eigenvalue weighted by Crippen LogP contribution is 2.36. The van der Waals surface area contributed by atoms with E-state index in [9.17, 15) is 0 Å². The van der Waals surface area contributed by atoms with Gasteiger partial charge in [0, 0.05) is 6.04 Å². The van der Waals surface area contributed by atoms with Crippen molar-refractivity contribution in [3.05, 3.63) is 0 Å². The summed E-state index contributed by atoms with van der Waals surface area (Å²) >= 11 is 0. The second-order valence-corrected chi connectivity index (χ2v) is 5.86. The number of rotatable bonds is 9. The molecule has 0 aromatic heterocycles. The van der Waals surface area contributed by atoms with Crippen LogP contribution in [-0.4, -0.2) is 12.6 Å². The second-order valence-electron chi connectivity index (χ2n) is 5.86. The first-order valence-electron chi connectivity index (χ1n) is 8.05. The minimum absolute atomic E-state index is 0.813. The summed E-state index contributed by atoms with van der Waals surface area (Å²) < 4.78 is 0. The number of hydrogen-bond acceptors (Lipinski definition) is 1. The molecule has 102 valence electrons. The van der Waals surface area contributed by atoms with Gasteiger partial charge in [0.1, 0.15) is 0 Å². The number of nitrogens with one attached hydrogen (secondary N) is 1. The van der Waals surface area contributed by atoms with Crippen LogP contribution in [-0.2, 0) is 0 Å². The van der Waals surface area contributed by atoms with Crippen LogP contribution in [0.3, 0.4) is 0 Å². The molecule has 0 aromatic carbocycles. The van der Waals surface area contributed by atoms with Crippen LogP contribution in [0.1, 0.15) is 78.6 Å². The zero-order valence-corrected chi connectivity index (χ0v) is 12.3. The molecule has 0 spiro atoms. The van der Waals surface area contributed by atoms with Crippen molar-refractivity contribution in [2.24, 2.45) is 11.8 Å². The summed E-state index contributed by atoms with van der Waals surface area (Å²) in [7, 11) is 0. The first-order chi connectivity index (χ1) is 8.31. The fourth-order valence-corrected chi connectivity index (χ4v) is 3.41. The first kappa shape index (κ1) is 15.0. The Bertz CT molecular complexity index is 178. The standard InChI is InChI=1S/C16H33N/c1-4-7-8-9-10-16(17-6-3)15-12-11-14(5-2)13-15/h14-17H,4-13H2,1-3H3. The van der Waals surface area contributed by atoms with Crippen LogP contribution >= 0.6 is 0 Å². The fourth-order valence-electron chi connectivity index (χ4n) is 3.41. The van der Waals surface area contributed by atoms with E-state index in [1.807, 2.05) is 0 Å². The Hall–Kier alpha value is -0.0400. The number of hydrogen-bond donors (Lipinski definition) is 1. The third-order valence-corrected chi connectivity index (χ3v) is 4.56. The van der Waals surface area contributed by atoms with E-state index in [1.54, 1.807) is 0 Å². The monoisotopic (exact) mass is 239 g/mol. The Morgan fingerprint density at radius 3 is 2.47 bits per heavy atom. The van der Waals surface area contributed by atoms with Crippen molar-refractivity contribution < 1.29 is 0 Å². The zero-order valence-electron chi connectivity index (χ0n) is 12.3. The molecule has 0 saturated heterocycles. The van der Waals surface area contributed by atoms with Gasteiger partial charge in [0.05, 0.1) is 0 Å². The maximum Gasteiger partial charge on any atom is 0.00953 e. The molecule has 1 fully saturated rings. The summed E-state index contributed by atoms with van der Waals surface area (Å²) in [6.45, 7) is 8.05. The molecule has 1 rings (SSSR count). The third-order valence-electron chi connectivity index (χ3n) is 4.56. The SMILES string of the molecule is CCCCCCC(NCC)C1CCC(CC)C1. The fraction of sp³-hybridized carbons (Fsp3) is 1.00. The molecular weight excluding hydrogens is 206 g/mol. The first-order valence-corrected chi connectivity index (χ1v) is 8.05. The Morgan fingerprint density at radius 2 is 1.88 bits per heavy atom. The van der Waals surface area contributed by atoms with E-state index in [-0.39, 0.29) is 0 Å². The molecule has 1 heteroatoms. The quantitative estimate of drug-likeness (QED) is 0.572. The molecule has 3 unspecified atom stereocenters. The molecule has 0 heterocycles. The molecule has 1 saturated carbocycles. The summed E-state index contributed by atoms with van der Waals surface area (Å²) in [4.78, 5) is 0. The van der Waals surface area contributed by atoms with Gasteiger partial charge in [0.15, 0.2) is 0 Å². The lowest BCUT2D eigenvalue weighted by molar-refractivity contribution is 0.325. The van der Waals surface area contributed by atoms with Crippen LogP contribution in [0.5, 0.6) is 0 Å². The van der Waals surface area contributed by atoms with Crippen molar-refractivity contribution in [3.8, 4) is 0 Å². The molecular formula is C16H33N. The molecule has 17 heavy (non-hydrogen) atoms. The van der Waals surface area contributed by atoms with Gasteiger partial charge in [-0.05, 0) is 37.6 Å². The average molecular weight is 239 g/mol. The predicted octanol–water partition coefficient (Wildman–Crippen LogP) is 4.76. The van der Waals surface area contributed by atoms with E-state index in [0.717, 1.165) is 24.4 Å². The van der Waals surface area contributed by atoms with Crippen LogP contribution in [0.25, 0.3) is 0 Å². The molecule has 0 bridgehead atoms. The molecule has 1 aliphatic carbocycles. The highest BCUT2D eigenvalue weighted by Gasteiger charge is 2.28. The van der Waals surface area contributed by atoms with Crippen molar-refractivity contribution in [1.29, 1.82) is 0 Å². The second kappa shape index (κ2) is 8.97. The minimum Gasteiger partial charge on any atom is -0.314 e. The topological polar surface area (TPSA) is 12.0 Å². The van der Waals surface area contributed by atoms with Gasteiger partial charge in [0.2, 0.25) is 0 Å². The maximum absolute atomic E-state index is 3.75. The van der Waals surface area contributed by atoms with Gasteiger partial charge in [0.25, 0.3) is 0 Å². The zero-order chi connectivity index (χ0) is 12.5. The Labute approximate surface area is 109 Å². The summed E-state index contributed by atoms with van der Waals surface area (Å²) in [6.07, 6.45) is 12.9. The lowest BCUT2D eigenvalue weighted by atomic mass is 9.91. The van der Waals surface area contributed by atoms with Gasteiger partial charge < -0.3 is 5.32 Å². The van der Waals surface area contributed by atoms with Crippen molar-refractivity contribution >= 4 is 0 Å². The number of unbranched alkanes of at least 4 members (excludes halogenated alkanes) is 3. The molecule has 0 aliphatic heterocycles. The van der Waals surface area contributed by atoms with Gasteiger partial charge in [-0.1, -0.05) is 59.3 Å². The Balaban J connectivity index is 2.27. The minimum atomic E-state index is 0.813. The van der Waals surface area contributed by atoms with Gasteiger partial charge in [-0.25, -0.2) is 0 Å². The summed E-state index contributed by atoms with van der Waals surface area (Å²) in [6, 6.07) is 0.813. The van der Waals surface area contributed by atoms with E-state index >= 15 is 0 Å². The smallest absolute Gasteiger partial charge is 0.00953 e. The van der Waals surface area contributed by atoms with E-state index in [1.165, 1.54) is 57.8 Å². The molecule has 0 aromatic rings. The van der Waals surface area contributed by atoms with E-state index in [2.05, 4.69) is 26.1 Å². The van der Waals surface area contributed by atoms with E-state index < -0.39 is 0 Å². The van der Waals surface area contributed by atoms with Crippen molar-refractivity contribution in [2.45, 2.75) is 84.6 Å². The summed E-state index contributed by atoms with van der Waals surface area (Å²) in [5, 5.41) is 3.75. The molecule has 0 amide bonds. The lowest BCUT2D eigenvalue weighted by Gasteiger charge is -2.24. The normalized spacial score (nSPS) is 26.3. The van der Waals surface area contributed by atoms with Gasteiger partial charge in [-0.3, -0.25) is 0 Å². The van der Waals surface area contributed by atoms with Crippen molar-refractivity contribution in [3.63, 3.8) is 0 Å². The highest BCUT2D eigenvalue weighted by atomic mass is 14.9. The maximum atomic E-state index is 3.75. The average Bonchev–Trinajstić information content (AvgIpc) is 2.82. The van der Waals surface area contributed by atoms with Crippen molar-refractivity contribution in [2.75, 3.05) is 6.54 Å².